The van der Waals surface area contributed by atoms with Gasteiger partial charge in [-0.3, -0.25) is 4.79 Å². The van der Waals surface area contributed by atoms with E-state index in [9.17, 15) is 14.7 Å². The van der Waals surface area contributed by atoms with Crippen LogP contribution in [-0.2, 0) is 9.59 Å². The molecule has 2 rings (SSSR count). The average Bonchev–Trinajstić information content (AvgIpc) is 2.72. The average molecular weight is 215 g/mol. The summed E-state index contributed by atoms with van der Waals surface area (Å²) in [5, 5.41) is 9.23. The summed E-state index contributed by atoms with van der Waals surface area (Å²) in [5.74, 6) is 0.567. The Kier molecular flexibility index (Phi) is 2.43. The second-order valence-electron chi connectivity index (χ2n) is 3.79. The number of carboxylic acid groups (broad SMARTS) is 1. The van der Waals surface area contributed by atoms with Gasteiger partial charge < -0.3 is 10.0 Å². The first-order chi connectivity index (χ1) is 6.67. The highest BCUT2D eigenvalue weighted by Gasteiger charge is 2.50. The maximum Gasteiger partial charge on any atom is 0.330 e. The summed E-state index contributed by atoms with van der Waals surface area (Å²) in [6, 6.07) is 0. The van der Waals surface area contributed by atoms with Crippen molar-refractivity contribution in [2.24, 2.45) is 0 Å². The van der Waals surface area contributed by atoms with E-state index in [-0.39, 0.29) is 5.91 Å². The molecule has 14 heavy (non-hydrogen) atoms. The van der Waals surface area contributed by atoms with E-state index < -0.39 is 11.5 Å². The second-order valence-corrected chi connectivity index (χ2v) is 4.89. The van der Waals surface area contributed by atoms with Crippen molar-refractivity contribution in [1.82, 2.24) is 4.90 Å². The van der Waals surface area contributed by atoms with Crippen molar-refractivity contribution in [3.05, 3.63) is 0 Å². The lowest BCUT2D eigenvalue weighted by atomic mass is 9.97. The van der Waals surface area contributed by atoms with E-state index in [2.05, 4.69) is 0 Å². The van der Waals surface area contributed by atoms with E-state index in [1.54, 1.807) is 16.7 Å². The van der Waals surface area contributed by atoms with Crippen LogP contribution in [-0.4, -0.2) is 45.5 Å². The van der Waals surface area contributed by atoms with Crippen LogP contribution in [0.25, 0.3) is 0 Å². The van der Waals surface area contributed by atoms with Crippen molar-refractivity contribution in [1.29, 1.82) is 0 Å². The van der Waals surface area contributed by atoms with Crippen LogP contribution in [0, 0.1) is 0 Å². The molecule has 1 amide bonds. The Labute approximate surface area is 86.6 Å². The number of nitrogens with zero attached hydrogens (tertiary/aromatic N) is 1. The molecule has 2 aliphatic heterocycles. The molecule has 0 spiro atoms. The zero-order chi connectivity index (χ0) is 10.2. The fourth-order valence-electron chi connectivity index (χ4n) is 2.15. The molecule has 2 heterocycles. The minimum atomic E-state index is -0.891. The molecule has 0 aromatic heterocycles. The van der Waals surface area contributed by atoms with Gasteiger partial charge in [-0.15, -0.1) is 0 Å². The van der Waals surface area contributed by atoms with Crippen molar-refractivity contribution in [3.8, 4) is 0 Å². The van der Waals surface area contributed by atoms with E-state index in [4.69, 9.17) is 0 Å². The number of hydrogen-bond acceptors (Lipinski definition) is 3. The van der Waals surface area contributed by atoms with Crippen LogP contribution in [0.3, 0.4) is 0 Å². The standard InChI is InChI=1S/C9H13NO3S/c11-7-2-1-4-10(7)9(8(12)13)3-5-14-6-9/h1-6H2,(H,12,13). The molecule has 2 fully saturated rings. The highest BCUT2D eigenvalue weighted by molar-refractivity contribution is 7.99. The molecule has 1 atom stereocenters. The van der Waals surface area contributed by atoms with Gasteiger partial charge in [0, 0.05) is 18.7 Å². The Morgan fingerprint density at radius 2 is 2.36 bits per heavy atom. The van der Waals surface area contributed by atoms with Gasteiger partial charge in [-0.2, -0.15) is 11.8 Å². The summed E-state index contributed by atoms with van der Waals surface area (Å²) in [6.45, 7) is 0.617. The Hall–Kier alpha value is -0.710. The van der Waals surface area contributed by atoms with Gasteiger partial charge in [0.05, 0.1) is 0 Å². The number of aliphatic carboxylic acids is 1. The summed E-state index contributed by atoms with van der Waals surface area (Å²) in [5.41, 5.74) is -0.891. The number of hydrogen-bond donors (Lipinski definition) is 1. The number of thioether (sulfide) groups is 1. The summed E-state index contributed by atoms with van der Waals surface area (Å²) in [6.07, 6.45) is 1.91. The predicted octanol–water partition coefficient (Wildman–Crippen LogP) is 0.569. The van der Waals surface area contributed by atoms with Gasteiger partial charge in [-0.25, -0.2) is 4.79 Å². The first kappa shape index (κ1) is 9.83. The lowest BCUT2D eigenvalue weighted by Gasteiger charge is -2.33. The van der Waals surface area contributed by atoms with E-state index in [0.717, 1.165) is 12.2 Å². The Morgan fingerprint density at radius 3 is 2.79 bits per heavy atom. The summed E-state index contributed by atoms with van der Waals surface area (Å²) < 4.78 is 0. The van der Waals surface area contributed by atoms with Crippen molar-refractivity contribution < 1.29 is 14.7 Å². The number of amides is 1. The van der Waals surface area contributed by atoms with Crippen LogP contribution >= 0.6 is 11.8 Å². The molecular formula is C9H13NO3S. The molecule has 0 saturated carbocycles. The lowest BCUT2D eigenvalue weighted by molar-refractivity contribution is -0.155. The molecule has 5 heteroatoms. The summed E-state index contributed by atoms with van der Waals surface area (Å²) in [4.78, 5) is 24.4. The fraction of sp³-hybridized carbons (Fsp3) is 0.778. The first-order valence-corrected chi connectivity index (χ1v) is 5.94. The molecule has 2 aliphatic rings. The summed E-state index contributed by atoms with van der Waals surface area (Å²) >= 11 is 1.62. The van der Waals surface area contributed by atoms with Crippen molar-refractivity contribution in [3.63, 3.8) is 0 Å². The van der Waals surface area contributed by atoms with Gasteiger partial charge >= 0.3 is 5.97 Å². The third-order valence-electron chi connectivity index (χ3n) is 2.99. The lowest BCUT2D eigenvalue weighted by Crippen LogP contribution is -2.55. The monoisotopic (exact) mass is 215 g/mol. The highest BCUT2D eigenvalue weighted by atomic mass is 32.2. The second kappa shape index (κ2) is 3.46. The maximum atomic E-state index is 11.5. The molecule has 0 aromatic rings. The molecule has 0 radical (unpaired) electrons. The predicted molar refractivity (Wildman–Crippen MR) is 53.3 cm³/mol. The smallest absolute Gasteiger partial charge is 0.330 e. The van der Waals surface area contributed by atoms with Crippen molar-refractivity contribution >= 4 is 23.6 Å². The molecule has 0 aliphatic carbocycles. The van der Waals surface area contributed by atoms with Crippen LogP contribution in [0.1, 0.15) is 19.3 Å². The van der Waals surface area contributed by atoms with Gasteiger partial charge in [-0.1, -0.05) is 0 Å². The number of carboxylic acids is 1. The molecule has 1 N–H and O–H groups in total. The number of carbonyl (C=O) groups is 2. The molecule has 1 unspecified atom stereocenters. The third kappa shape index (κ3) is 1.30. The minimum absolute atomic E-state index is 0.00917. The van der Waals surface area contributed by atoms with E-state index in [0.29, 0.717) is 25.1 Å². The Morgan fingerprint density at radius 1 is 1.57 bits per heavy atom. The topological polar surface area (TPSA) is 57.6 Å². The van der Waals surface area contributed by atoms with E-state index in [1.807, 2.05) is 0 Å². The zero-order valence-electron chi connectivity index (χ0n) is 7.86. The van der Waals surface area contributed by atoms with Gasteiger partial charge in [-0.05, 0) is 18.6 Å². The molecular weight excluding hydrogens is 202 g/mol. The van der Waals surface area contributed by atoms with Crippen LogP contribution in [0.5, 0.6) is 0 Å². The largest absolute Gasteiger partial charge is 0.479 e. The molecule has 0 bridgehead atoms. The number of likely N-dealkylation sites (tertiary alicyclic amines) is 1. The molecule has 78 valence electrons. The first-order valence-electron chi connectivity index (χ1n) is 4.78. The Balaban J connectivity index is 2.26. The van der Waals surface area contributed by atoms with Crippen molar-refractivity contribution in [2.75, 3.05) is 18.1 Å². The van der Waals surface area contributed by atoms with Crippen LogP contribution in [0.15, 0.2) is 0 Å². The number of carbonyl (C=O) groups excluding carboxylic acids is 1. The van der Waals surface area contributed by atoms with Crippen LogP contribution < -0.4 is 0 Å². The quantitative estimate of drug-likeness (QED) is 0.731. The molecule has 2 saturated heterocycles. The van der Waals surface area contributed by atoms with Gasteiger partial charge in [0.25, 0.3) is 0 Å². The van der Waals surface area contributed by atoms with Gasteiger partial charge in [0.1, 0.15) is 5.54 Å². The van der Waals surface area contributed by atoms with Crippen molar-refractivity contribution in [2.45, 2.75) is 24.8 Å². The van der Waals surface area contributed by atoms with Gasteiger partial charge in [0.15, 0.2) is 0 Å². The molecule has 4 nitrogen and oxygen atoms in total. The van der Waals surface area contributed by atoms with Gasteiger partial charge in [0.2, 0.25) is 5.91 Å². The van der Waals surface area contributed by atoms with E-state index >= 15 is 0 Å². The zero-order valence-corrected chi connectivity index (χ0v) is 8.68. The number of rotatable bonds is 2. The van der Waals surface area contributed by atoms with E-state index in [1.165, 1.54) is 0 Å². The minimum Gasteiger partial charge on any atom is -0.479 e. The molecule has 0 aromatic carbocycles. The highest BCUT2D eigenvalue weighted by Crippen LogP contribution is 2.36. The maximum absolute atomic E-state index is 11.5. The van der Waals surface area contributed by atoms with Crippen LogP contribution in [0.2, 0.25) is 0 Å². The summed E-state index contributed by atoms with van der Waals surface area (Å²) in [7, 11) is 0. The Bertz CT molecular complexity index is 273. The fourth-order valence-corrected chi connectivity index (χ4v) is 3.54. The third-order valence-corrected chi connectivity index (χ3v) is 4.16. The normalized spacial score (nSPS) is 32.6. The van der Waals surface area contributed by atoms with Crippen LogP contribution in [0.4, 0.5) is 0 Å². The SMILES string of the molecule is O=C1CCCN1C1(C(=O)O)CCSC1.